The van der Waals surface area contributed by atoms with E-state index in [0.29, 0.717) is 5.66 Å². The number of halogens is 2. The van der Waals surface area contributed by atoms with Crippen LogP contribution in [-0.4, -0.2) is 5.33 Å². The lowest BCUT2D eigenvalue weighted by Crippen LogP contribution is -3.00. The second-order valence-electron chi connectivity index (χ2n) is 7.13. The zero-order valence-corrected chi connectivity index (χ0v) is 20.8. The lowest BCUT2D eigenvalue weighted by molar-refractivity contribution is -0.00000548. The highest BCUT2D eigenvalue weighted by atomic mass is 79.9. The summed E-state index contributed by atoms with van der Waals surface area (Å²) in [4.78, 5) is 0. The van der Waals surface area contributed by atoms with E-state index in [1.807, 2.05) is 0 Å². The largest absolute Gasteiger partial charge is 1.00 e. The number of benzene rings is 4. The fourth-order valence-electron chi connectivity index (χ4n) is 4.34. The Morgan fingerprint density at radius 1 is 0.533 bits per heavy atom. The molecule has 0 nitrogen and oxygen atoms in total. The molecule has 0 aliphatic carbocycles. The Kier molecular flexibility index (Phi) is 8.45. The molecule has 0 radical (unpaired) electrons. The zero-order chi connectivity index (χ0) is 19.9. The van der Waals surface area contributed by atoms with Crippen molar-refractivity contribution in [2.24, 2.45) is 0 Å². The highest BCUT2D eigenvalue weighted by Crippen LogP contribution is 2.67. The molecule has 1 atom stereocenters. The van der Waals surface area contributed by atoms with Gasteiger partial charge < -0.3 is 17.0 Å². The van der Waals surface area contributed by atoms with Crippen molar-refractivity contribution in [1.82, 2.24) is 0 Å². The average molecular weight is 540 g/mol. The molecule has 0 N–H and O–H groups in total. The van der Waals surface area contributed by atoms with Gasteiger partial charge in [-0.1, -0.05) is 101 Å². The molecule has 4 aromatic carbocycles. The van der Waals surface area contributed by atoms with Gasteiger partial charge in [0.1, 0.15) is 28.8 Å². The van der Waals surface area contributed by atoms with Crippen molar-refractivity contribution in [2.45, 2.75) is 12.1 Å². The standard InChI is InChI=1S/C27H25BrP.BrH/c28-22-21-27(23-13-5-1-6-14-23)29(24-15-7-2-8-16-24,25-17-9-3-10-18-25)26-19-11-4-12-20-26;/h1-20,27H,21-22H2;1H/q+1;/p-1. The first-order valence-electron chi connectivity index (χ1n) is 10.0. The molecular formula is C27H25Br2P. The van der Waals surface area contributed by atoms with Gasteiger partial charge in [-0.3, -0.25) is 0 Å². The van der Waals surface area contributed by atoms with Gasteiger partial charge in [0.15, 0.2) is 0 Å². The van der Waals surface area contributed by atoms with E-state index in [4.69, 9.17) is 0 Å². The number of alkyl halides is 1. The van der Waals surface area contributed by atoms with Crippen molar-refractivity contribution in [1.29, 1.82) is 0 Å². The highest BCUT2D eigenvalue weighted by molar-refractivity contribution is 9.09. The second kappa shape index (κ2) is 11.0. The fraction of sp³-hybridized carbons (Fsp3) is 0.111. The maximum Gasteiger partial charge on any atom is 0.119 e. The smallest absolute Gasteiger partial charge is 0.119 e. The molecule has 1 unspecified atom stereocenters. The molecule has 0 bridgehead atoms. The summed E-state index contributed by atoms with van der Waals surface area (Å²) in [6, 6.07) is 44.5. The van der Waals surface area contributed by atoms with Gasteiger partial charge in [-0.15, -0.1) is 0 Å². The van der Waals surface area contributed by atoms with Crippen molar-refractivity contribution >= 4 is 39.1 Å². The minimum absolute atomic E-state index is 0. The Morgan fingerprint density at radius 2 is 0.867 bits per heavy atom. The van der Waals surface area contributed by atoms with Gasteiger partial charge in [-0.2, -0.15) is 0 Å². The van der Waals surface area contributed by atoms with Crippen molar-refractivity contribution < 1.29 is 17.0 Å². The SMILES string of the molecule is BrCCC(c1ccccc1)[P+](c1ccccc1)(c1ccccc1)c1ccccc1.[Br-]. The van der Waals surface area contributed by atoms with Gasteiger partial charge in [0.25, 0.3) is 0 Å². The molecule has 0 fully saturated rings. The molecule has 30 heavy (non-hydrogen) atoms. The summed E-state index contributed by atoms with van der Waals surface area (Å²) < 4.78 is 0. The third-order valence-electron chi connectivity index (χ3n) is 5.52. The Morgan fingerprint density at radius 3 is 1.20 bits per heavy atom. The van der Waals surface area contributed by atoms with Crippen molar-refractivity contribution in [2.75, 3.05) is 5.33 Å². The highest BCUT2D eigenvalue weighted by Gasteiger charge is 2.52. The van der Waals surface area contributed by atoms with E-state index < -0.39 is 7.26 Å². The van der Waals surface area contributed by atoms with Crippen LogP contribution in [0.3, 0.4) is 0 Å². The predicted molar refractivity (Wildman–Crippen MR) is 133 cm³/mol. The predicted octanol–water partition coefficient (Wildman–Crippen LogP) is 3.51. The van der Waals surface area contributed by atoms with Gasteiger partial charge in [0, 0.05) is 5.33 Å². The summed E-state index contributed by atoms with van der Waals surface area (Å²) in [7, 11) is -1.93. The summed E-state index contributed by atoms with van der Waals surface area (Å²) in [6.45, 7) is 0. The first-order chi connectivity index (χ1) is 14.4. The Bertz CT molecular complexity index is 909. The van der Waals surface area contributed by atoms with Crippen LogP contribution in [0.2, 0.25) is 0 Å². The van der Waals surface area contributed by atoms with E-state index in [0.717, 1.165) is 11.8 Å². The maximum absolute atomic E-state index is 3.78. The lowest BCUT2D eigenvalue weighted by Gasteiger charge is -2.35. The van der Waals surface area contributed by atoms with Crippen molar-refractivity contribution in [3.05, 3.63) is 127 Å². The van der Waals surface area contributed by atoms with Gasteiger partial charge in [-0.05, 0) is 48.4 Å². The quantitative estimate of drug-likeness (QED) is 0.249. The molecule has 0 heterocycles. The molecule has 152 valence electrons. The van der Waals surface area contributed by atoms with Gasteiger partial charge in [-0.25, -0.2) is 0 Å². The number of hydrogen-bond donors (Lipinski definition) is 0. The molecule has 0 spiro atoms. The van der Waals surface area contributed by atoms with Crippen LogP contribution in [-0.2, 0) is 0 Å². The minimum atomic E-state index is -1.93. The van der Waals surface area contributed by atoms with Crippen LogP contribution in [0.15, 0.2) is 121 Å². The topological polar surface area (TPSA) is 0 Å². The summed E-state index contributed by atoms with van der Waals surface area (Å²) in [6.07, 6.45) is 1.08. The van der Waals surface area contributed by atoms with Crippen molar-refractivity contribution in [3.63, 3.8) is 0 Å². The molecule has 0 amide bonds. The number of rotatable bonds is 7. The maximum atomic E-state index is 3.78. The molecule has 0 aliphatic heterocycles. The summed E-state index contributed by atoms with van der Waals surface area (Å²) in [5.41, 5.74) is 1.81. The van der Waals surface area contributed by atoms with E-state index in [1.54, 1.807) is 0 Å². The Labute approximate surface area is 199 Å². The normalized spacial score (nSPS) is 12.0. The van der Waals surface area contributed by atoms with Gasteiger partial charge in [0.2, 0.25) is 0 Å². The van der Waals surface area contributed by atoms with Gasteiger partial charge >= 0.3 is 0 Å². The molecule has 3 heteroatoms. The summed E-state index contributed by atoms with van der Waals surface area (Å²) in [5.74, 6) is 0. The van der Waals surface area contributed by atoms with Crippen LogP contribution < -0.4 is 32.9 Å². The third-order valence-corrected chi connectivity index (χ3v) is 10.8. The third kappa shape index (κ3) is 4.47. The first kappa shape index (κ1) is 22.9. The van der Waals surface area contributed by atoms with Crippen LogP contribution in [0.25, 0.3) is 0 Å². The Hall–Kier alpha value is -1.73. The van der Waals surface area contributed by atoms with E-state index >= 15 is 0 Å². The molecule has 4 rings (SSSR count). The minimum Gasteiger partial charge on any atom is -1.00 e. The first-order valence-corrected chi connectivity index (χ1v) is 13.0. The monoisotopic (exact) mass is 538 g/mol. The van der Waals surface area contributed by atoms with E-state index in [-0.39, 0.29) is 17.0 Å². The number of hydrogen-bond acceptors (Lipinski definition) is 0. The molecule has 0 aromatic heterocycles. The lowest BCUT2D eigenvalue weighted by atomic mass is 10.1. The van der Waals surface area contributed by atoms with Crippen LogP contribution in [0.1, 0.15) is 17.6 Å². The van der Waals surface area contributed by atoms with Crippen LogP contribution in [0, 0.1) is 0 Å². The second-order valence-corrected chi connectivity index (χ2v) is 11.5. The molecule has 0 aliphatic rings. The van der Waals surface area contributed by atoms with Crippen LogP contribution >= 0.6 is 23.2 Å². The van der Waals surface area contributed by atoms with E-state index in [1.165, 1.54) is 21.5 Å². The van der Waals surface area contributed by atoms with E-state index in [9.17, 15) is 0 Å². The summed E-state index contributed by atoms with van der Waals surface area (Å²) >= 11 is 3.78. The van der Waals surface area contributed by atoms with Crippen LogP contribution in [0.4, 0.5) is 0 Å². The Balaban J connectivity index is 0.00000256. The molecule has 0 saturated heterocycles. The summed E-state index contributed by atoms with van der Waals surface area (Å²) in [5, 5.41) is 5.28. The van der Waals surface area contributed by atoms with E-state index in [2.05, 4.69) is 137 Å². The zero-order valence-electron chi connectivity index (χ0n) is 16.7. The van der Waals surface area contributed by atoms with Crippen molar-refractivity contribution in [3.8, 4) is 0 Å². The fourth-order valence-corrected chi connectivity index (χ4v) is 10.2. The van der Waals surface area contributed by atoms with Crippen LogP contribution in [0.5, 0.6) is 0 Å². The molecular weight excluding hydrogens is 515 g/mol. The average Bonchev–Trinajstić information content (AvgIpc) is 2.82. The van der Waals surface area contributed by atoms with Gasteiger partial charge in [0.05, 0.1) is 0 Å². The molecule has 4 aromatic rings. The molecule has 0 saturated carbocycles.